The lowest BCUT2D eigenvalue weighted by molar-refractivity contribution is 0.373. The van der Waals surface area contributed by atoms with Crippen LogP contribution in [0.3, 0.4) is 0 Å². The summed E-state index contributed by atoms with van der Waals surface area (Å²) in [6.07, 6.45) is 5.98. The molecule has 116 valence electrons. The molecule has 0 spiro atoms. The van der Waals surface area contributed by atoms with Crippen LogP contribution in [-0.4, -0.2) is 6.21 Å². The first-order valence-electron chi connectivity index (χ1n) is 7.46. The van der Waals surface area contributed by atoms with Gasteiger partial charge in [0.25, 0.3) is 0 Å². The van der Waals surface area contributed by atoms with Crippen molar-refractivity contribution in [2.45, 2.75) is 32.6 Å². The van der Waals surface area contributed by atoms with E-state index in [9.17, 15) is 0 Å². The minimum atomic E-state index is -0.172. The minimum Gasteiger partial charge on any atom is -0.399 e. The van der Waals surface area contributed by atoms with E-state index in [1.165, 1.54) is 17.4 Å². The van der Waals surface area contributed by atoms with E-state index in [2.05, 4.69) is 39.5 Å². The molecule has 0 aliphatic heterocycles. The largest absolute Gasteiger partial charge is 0.399 e. The molecule has 0 saturated heterocycles. The van der Waals surface area contributed by atoms with Gasteiger partial charge in [-0.3, -0.25) is 0 Å². The molecule has 2 rings (SSSR count). The van der Waals surface area contributed by atoms with Crippen molar-refractivity contribution in [1.82, 2.24) is 0 Å². The molecule has 3 heteroatoms. The van der Waals surface area contributed by atoms with Crippen LogP contribution in [0.15, 0.2) is 59.8 Å². The van der Waals surface area contributed by atoms with E-state index in [-0.39, 0.29) is 10.8 Å². The molecule has 0 amide bonds. The lowest BCUT2D eigenvalue weighted by Crippen LogP contribution is -2.24. The number of hydrogen-bond acceptors (Lipinski definition) is 3. The Kier molecular flexibility index (Phi) is 4.01. The molecule has 1 unspecified atom stereocenters. The zero-order valence-electron chi connectivity index (χ0n) is 13.6. The Morgan fingerprint density at radius 2 is 1.77 bits per heavy atom. The second-order valence-electron chi connectivity index (χ2n) is 6.83. The summed E-state index contributed by atoms with van der Waals surface area (Å²) in [4.78, 5) is 0. The van der Waals surface area contributed by atoms with Crippen molar-refractivity contribution in [1.29, 1.82) is 5.41 Å². The molecule has 22 heavy (non-hydrogen) atoms. The van der Waals surface area contributed by atoms with E-state index < -0.39 is 0 Å². The number of benzene rings is 1. The van der Waals surface area contributed by atoms with Crippen molar-refractivity contribution in [3.8, 4) is 0 Å². The average Bonchev–Trinajstić information content (AvgIpc) is 2.65. The number of rotatable bonds is 4. The zero-order valence-corrected chi connectivity index (χ0v) is 13.6. The van der Waals surface area contributed by atoms with Gasteiger partial charge in [0.05, 0.1) is 0 Å². The van der Waals surface area contributed by atoms with Crippen LogP contribution in [0.5, 0.6) is 0 Å². The Morgan fingerprint density at radius 1 is 1.18 bits per heavy atom. The van der Waals surface area contributed by atoms with Crippen LogP contribution in [0.4, 0.5) is 5.69 Å². The zero-order chi connectivity index (χ0) is 16.5. The van der Waals surface area contributed by atoms with Gasteiger partial charge < -0.3 is 16.9 Å². The highest BCUT2D eigenvalue weighted by atomic mass is 14.6. The summed E-state index contributed by atoms with van der Waals surface area (Å²) < 4.78 is 0. The van der Waals surface area contributed by atoms with Gasteiger partial charge >= 0.3 is 0 Å². The van der Waals surface area contributed by atoms with Gasteiger partial charge in [0.1, 0.15) is 0 Å². The van der Waals surface area contributed by atoms with E-state index in [4.69, 9.17) is 16.9 Å². The van der Waals surface area contributed by atoms with Crippen LogP contribution in [-0.2, 0) is 5.41 Å². The summed E-state index contributed by atoms with van der Waals surface area (Å²) in [6, 6.07) is 8.01. The molecule has 1 aliphatic rings. The van der Waals surface area contributed by atoms with E-state index in [0.29, 0.717) is 5.70 Å². The maximum atomic E-state index is 7.37. The Bertz CT molecular complexity index is 662. The van der Waals surface area contributed by atoms with Gasteiger partial charge in [0, 0.05) is 23.0 Å². The number of nitrogens with two attached hydrogens (primary N) is 2. The summed E-state index contributed by atoms with van der Waals surface area (Å²) >= 11 is 0. The fourth-order valence-corrected chi connectivity index (χ4v) is 3.68. The SMILES string of the molecule is C=CC1=C(/C=C(/N)C=N)C(C)(c2ccc(N)cc2)CC1(C)C. The molecule has 3 nitrogen and oxygen atoms in total. The lowest BCUT2D eigenvalue weighted by atomic mass is 9.73. The number of nitrogens with one attached hydrogen (secondary N) is 1. The van der Waals surface area contributed by atoms with Crippen molar-refractivity contribution in [2.75, 3.05) is 5.73 Å². The maximum absolute atomic E-state index is 7.37. The molecule has 0 fully saturated rings. The van der Waals surface area contributed by atoms with Gasteiger partial charge in [-0.1, -0.05) is 45.6 Å². The van der Waals surface area contributed by atoms with Crippen molar-refractivity contribution >= 4 is 11.9 Å². The highest BCUT2D eigenvalue weighted by Crippen LogP contribution is 2.55. The number of nitrogen functional groups attached to an aromatic ring is 1. The van der Waals surface area contributed by atoms with E-state index in [0.717, 1.165) is 17.7 Å². The lowest BCUT2D eigenvalue weighted by Gasteiger charge is -2.30. The highest BCUT2D eigenvalue weighted by Gasteiger charge is 2.45. The van der Waals surface area contributed by atoms with Crippen molar-refractivity contribution in [3.63, 3.8) is 0 Å². The van der Waals surface area contributed by atoms with E-state index in [1.54, 1.807) is 0 Å². The smallest absolute Gasteiger partial charge is 0.0496 e. The monoisotopic (exact) mass is 295 g/mol. The molecule has 0 heterocycles. The third-order valence-corrected chi connectivity index (χ3v) is 4.64. The van der Waals surface area contributed by atoms with Gasteiger partial charge in [0.15, 0.2) is 0 Å². The third kappa shape index (κ3) is 2.59. The molecule has 1 aromatic rings. The van der Waals surface area contributed by atoms with Crippen molar-refractivity contribution in [2.24, 2.45) is 11.1 Å². The third-order valence-electron chi connectivity index (χ3n) is 4.64. The number of hydrogen-bond donors (Lipinski definition) is 3. The Labute approximate surface area is 132 Å². The van der Waals surface area contributed by atoms with E-state index in [1.807, 2.05) is 24.3 Å². The van der Waals surface area contributed by atoms with Gasteiger partial charge in [-0.05, 0) is 46.8 Å². The molecule has 1 aromatic carbocycles. The summed E-state index contributed by atoms with van der Waals surface area (Å²) in [5.74, 6) is 0. The summed E-state index contributed by atoms with van der Waals surface area (Å²) in [7, 11) is 0. The number of allylic oxidation sites excluding steroid dienone is 5. The normalized spacial score (nSPS) is 24.4. The molecular weight excluding hydrogens is 270 g/mol. The van der Waals surface area contributed by atoms with Gasteiger partial charge in [-0.15, -0.1) is 0 Å². The molecule has 1 atom stereocenters. The molecule has 0 saturated carbocycles. The fourth-order valence-electron chi connectivity index (χ4n) is 3.68. The van der Waals surface area contributed by atoms with Crippen molar-refractivity contribution in [3.05, 3.63) is 65.4 Å². The van der Waals surface area contributed by atoms with Crippen LogP contribution in [0.25, 0.3) is 0 Å². The summed E-state index contributed by atoms with van der Waals surface area (Å²) in [5.41, 5.74) is 16.3. The molecule has 1 aliphatic carbocycles. The van der Waals surface area contributed by atoms with Gasteiger partial charge in [0.2, 0.25) is 0 Å². The van der Waals surface area contributed by atoms with Gasteiger partial charge in [-0.25, -0.2) is 0 Å². The summed E-state index contributed by atoms with van der Waals surface area (Å²) in [6.45, 7) is 10.7. The Balaban J connectivity index is 2.69. The number of anilines is 1. The fraction of sp³-hybridized carbons (Fsp3) is 0.316. The van der Waals surface area contributed by atoms with Crippen LogP contribution in [0.1, 0.15) is 32.8 Å². The first-order chi connectivity index (χ1) is 10.2. The first-order valence-corrected chi connectivity index (χ1v) is 7.46. The standard InChI is InChI=1S/C19H25N3/c1-5-16-17(10-15(22)11-20)19(4,12-18(16,2)3)13-6-8-14(21)9-7-13/h5-11,20H,1,12,21-22H2,2-4H3/b15-10+,20-11?. The van der Waals surface area contributed by atoms with Crippen LogP contribution in [0.2, 0.25) is 0 Å². The van der Waals surface area contributed by atoms with Crippen LogP contribution < -0.4 is 11.5 Å². The summed E-state index contributed by atoms with van der Waals surface area (Å²) in [5, 5.41) is 7.37. The van der Waals surface area contributed by atoms with Crippen molar-refractivity contribution < 1.29 is 0 Å². The quantitative estimate of drug-likeness (QED) is 0.581. The predicted octanol–water partition coefficient (Wildman–Crippen LogP) is 3.93. The molecule has 5 N–H and O–H groups in total. The minimum absolute atomic E-state index is 0.00598. The average molecular weight is 295 g/mol. The van der Waals surface area contributed by atoms with E-state index >= 15 is 0 Å². The Morgan fingerprint density at radius 3 is 2.27 bits per heavy atom. The second-order valence-corrected chi connectivity index (χ2v) is 6.83. The molecule has 0 radical (unpaired) electrons. The van der Waals surface area contributed by atoms with Crippen LogP contribution in [0, 0.1) is 10.8 Å². The highest BCUT2D eigenvalue weighted by molar-refractivity contribution is 5.76. The molecule has 0 aromatic heterocycles. The predicted molar refractivity (Wildman–Crippen MR) is 94.9 cm³/mol. The first kappa shape index (κ1) is 16.1. The maximum Gasteiger partial charge on any atom is 0.0496 e. The molecule has 0 bridgehead atoms. The van der Waals surface area contributed by atoms with Gasteiger partial charge in [-0.2, -0.15) is 0 Å². The molecular formula is C19H25N3. The Hall–Kier alpha value is -2.29. The van der Waals surface area contributed by atoms with Crippen LogP contribution >= 0.6 is 0 Å². The second kappa shape index (κ2) is 5.48. The topological polar surface area (TPSA) is 75.9 Å².